The van der Waals surface area contributed by atoms with Crippen molar-refractivity contribution in [1.29, 1.82) is 0 Å². The van der Waals surface area contributed by atoms with E-state index >= 15 is 0 Å². The molecule has 7 heteroatoms. The van der Waals surface area contributed by atoms with E-state index in [9.17, 15) is 0 Å². The Morgan fingerprint density at radius 2 is 2.06 bits per heavy atom. The van der Waals surface area contributed by atoms with Crippen molar-refractivity contribution >= 4 is 50.6 Å². The second-order valence-electron chi connectivity index (χ2n) is 3.45. The topological polar surface area (TPSA) is 64.7 Å². The van der Waals surface area contributed by atoms with Crippen LogP contribution in [0.2, 0.25) is 5.28 Å². The summed E-state index contributed by atoms with van der Waals surface area (Å²) in [6.07, 6.45) is 1.50. The van der Waals surface area contributed by atoms with Gasteiger partial charge in [0.1, 0.15) is 5.03 Å². The van der Waals surface area contributed by atoms with Crippen molar-refractivity contribution < 1.29 is 0 Å². The number of nitrogens with two attached hydrogens (primary N) is 1. The first-order valence-corrected chi connectivity index (χ1v) is 7.05. The van der Waals surface area contributed by atoms with Crippen molar-refractivity contribution in [2.45, 2.75) is 9.37 Å². The predicted molar refractivity (Wildman–Crippen MR) is 75.2 cm³/mol. The smallest absolute Gasteiger partial charge is 0.223 e. The number of halogens is 1. The van der Waals surface area contributed by atoms with Gasteiger partial charge in [0.25, 0.3) is 0 Å². The van der Waals surface area contributed by atoms with E-state index in [0.717, 1.165) is 14.6 Å². The number of aromatic nitrogens is 3. The van der Waals surface area contributed by atoms with Gasteiger partial charge in [0.2, 0.25) is 5.28 Å². The molecular weight excluding hydrogens is 288 g/mol. The first-order chi connectivity index (χ1) is 8.72. The van der Waals surface area contributed by atoms with Gasteiger partial charge in [-0.2, -0.15) is 0 Å². The molecule has 0 aliphatic rings. The highest BCUT2D eigenvalue weighted by molar-refractivity contribution is 8.01. The number of fused-ring (bicyclic) bond motifs is 1. The number of hydrogen-bond donors (Lipinski definition) is 1. The highest BCUT2D eigenvalue weighted by Gasteiger charge is 2.09. The molecule has 0 aliphatic carbocycles. The molecule has 1 aromatic carbocycles. The molecule has 0 aliphatic heterocycles. The molecule has 0 saturated carbocycles. The van der Waals surface area contributed by atoms with E-state index < -0.39 is 0 Å². The highest BCUT2D eigenvalue weighted by Crippen LogP contribution is 2.35. The molecule has 0 unspecified atom stereocenters. The molecule has 0 radical (unpaired) electrons. The number of nitrogen functional groups attached to an aromatic ring is 1. The van der Waals surface area contributed by atoms with Crippen LogP contribution in [0.15, 0.2) is 39.8 Å². The Hall–Kier alpha value is -1.37. The minimum Gasteiger partial charge on any atom is -0.395 e. The lowest BCUT2D eigenvalue weighted by molar-refractivity contribution is 1.05. The Morgan fingerprint density at radius 1 is 1.22 bits per heavy atom. The van der Waals surface area contributed by atoms with E-state index in [2.05, 4.69) is 15.0 Å². The molecular formula is C11H7ClN4S2. The molecule has 0 amide bonds. The van der Waals surface area contributed by atoms with Crippen LogP contribution < -0.4 is 5.73 Å². The van der Waals surface area contributed by atoms with Gasteiger partial charge in [-0.25, -0.2) is 15.0 Å². The molecule has 3 aromatic rings. The number of hydrogen-bond acceptors (Lipinski definition) is 6. The second-order valence-corrected chi connectivity index (χ2v) is 6.05. The summed E-state index contributed by atoms with van der Waals surface area (Å²) in [5.41, 5.74) is 7.28. The molecule has 2 aromatic heterocycles. The lowest BCUT2D eigenvalue weighted by Crippen LogP contribution is -1.94. The van der Waals surface area contributed by atoms with Crippen LogP contribution in [-0.2, 0) is 0 Å². The van der Waals surface area contributed by atoms with Crippen LogP contribution in [0.5, 0.6) is 0 Å². The zero-order valence-electron chi connectivity index (χ0n) is 9.00. The van der Waals surface area contributed by atoms with E-state index in [4.69, 9.17) is 17.3 Å². The van der Waals surface area contributed by atoms with E-state index in [1.54, 1.807) is 11.3 Å². The lowest BCUT2D eigenvalue weighted by Gasteiger charge is -2.00. The van der Waals surface area contributed by atoms with Gasteiger partial charge in [-0.15, -0.1) is 11.3 Å². The van der Waals surface area contributed by atoms with Gasteiger partial charge in [-0.1, -0.05) is 12.1 Å². The normalized spacial score (nSPS) is 10.9. The minimum absolute atomic E-state index is 0.188. The fourth-order valence-electron chi connectivity index (χ4n) is 1.41. The van der Waals surface area contributed by atoms with Crippen molar-refractivity contribution in [1.82, 2.24) is 15.0 Å². The maximum absolute atomic E-state index is 5.80. The standard InChI is InChI=1S/C11H7ClN4S2/c12-10-14-5-6(13)9(16-10)18-11-15-7-3-1-2-4-8(7)17-11/h1-5H,13H2. The van der Waals surface area contributed by atoms with E-state index in [-0.39, 0.29) is 5.28 Å². The predicted octanol–water partition coefficient (Wildman–Crippen LogP) is 3.47. The van der Waals surface area contributed by atoms with Crippen LogP contribution in [0.25, 0.3) is 10.2 Å². The van der Waals surface area contributed by atoms with Gasteiger partial charge < -0.3 is 5.73 Å². The van der Waals surface area contributed by atoms with E-state index in [1.807, 2.05) is 24.3 Å². The molecule has 0 fully saturated rings. The lowest BCUT2D eigenvalue weighted by atomic mass is 10.3. The van der Waals surface area contributed by atoms with Crippen molar-refractivity contribution in [3.8, 4) is 0 Å². The third kappa shape index (κ3) is 2.27. The van der Waals surface area contributed by atoms with Crippen molar-refractivity contribution in [3.63, 3.8) is 0 Å². The fourth-order valence-corrected chi connectivity index (χ4v) is 3.58. The third-order valence-corrected chi connectivity index (χ3v) is 4.51. The highest BCUT2D eigenvalue weighted by atomic mass is 35.5. The number of thiazole rings is 1. The first-order valence-electron chi connectivity index (χ1n) is 5.04. The van der Waals surface area contributed by atoms with Gasteiger partial charge in [0.05, 0.1) is 22.1 Å². The maximum atomic E-state index is 5.80. The number of anilines is 1. The quantitative estimate of drug-likeness (QED) is 0.579. The summed E-state index contributed by atoms with van der Waals surface area (Å²) in [7, 11) is 0. The number of rotatable bonds is 2. The van der Waals surface area contributed by atoms with Gasteiger partial charge in [-0.05, 0) is 35.5 Å². The van der Waals surface area contributed by atoms with Gasteiger partial charge in [0, 0.05) is 0 Å². The Labute approximate surface area is 116 Å². The fraction of sp³-hybridized carbons (Fsp3) is 0. The van der Waals surface area contributed by atoms with Gasteiger partial charge in [-0.3, -0.25) is 0 Å². The molecule has 3 rings (SSSR count). The van der Waals surface area contributed by atoms with Crippen LogP contribution in [0.3, 0.4) is 0 Å². The van der Waals surface area contributed by atoms with E-state index in [0.29, 0.717) is 10.7 Å². The second kappa shape index (κ2) is 4.72. The molecule has 0 spiro atoms. The zero-order chi connectivity index (χ0) is 12.5. The minimum atomic E-state index is 0.188. The summed E-state index contributed by atoms with van der Waals surface area (Å²) in [5, 5.41) is 0.821. The average molecular weight is 295 g/mol. The van der Waals surface area contributed by atoms with Crippen LogP contribution in [-0.4, -0.2) is 15.0 Å². The molecule has 0 saturated heterocycles. The Bertz CT molecular complexity index is 680. The Morgan fingerprint density at radius 3 is 2.89 bits per heavy atom. The Kier molecular flexibility index (Phi) is 3.07. The van der Waals surface area contributed by atoms with Crippen molar-refractivity contribution in [3.05, 3.63) is 35.7 Å². The SMILES string of the molecule is Nc1cnc(Cl)nc1Sc1nc2ccccc2s1. The molecule has 2 N–H and O–H groups in total. The van der Waals surface area contributed by atoms with Crippen LogP contribution in [0.4, 0.5) is 5.69 Å². The average Bonchev–Trinajstić information content (AvgIpc) is 2.76. The Balaban J connectivity index is 1.98. The summed E-state index contributed by atoms with van der Waals surface area (Å²) in [6, 6.07) is 7.97. The van der Waals surface area contributed by atoms with Crippen LogP contribution in [0, 0.1) is 0 Å². The largest absolute Gasteiger partial charge is 0.395 e. The van der Waals surface area contributed by atoms with Gasteiger partial charge in [0.15, 0.2) is 4.34 Å². The summed E-state index contributed by atoms with van der Waals surface area (Å²) in [5.74, 6) is 0. The maximum Gasteiger partial charge on any atom is 0.223 e. The summed E-state index contributed by atoms with van der Waals surface area (Å²) in [6.45, 7) is 0. The summed E-state index contributed by atoms with van der Waals surface area (Å²) < 4.78 is 2.02. The molecule has 18 heavy (non-hydrogen) atoms. The first kappa shape index (κ1) is 11.7. The number of nitrogens with zero attached hydrogens (tertiary/aromatic N) is 3. The van der Waals surface area contributed by atoms with Gasteiger partial charge >= 0.3 is 0 Å². The molecule has 90 valence electrons. The summed E-state index contributed by atoms with van der Waals surface area (Å²) >= 11 is 8.75. The third-order valence-electron chi connectivity index (χ3n) is 2.21. The van der Waals surface area contributed by atoms with Crippen LogP contribution in [0.1, 0.15) is 0 Å². The monoisotopic (exact) mass is 294 g/mol. The number of benzene rings is 1. The van der Waals surface area contributed by atoms with Crippen LogP contribution >= 0.6 is 34.7 Å². The van der Waals surface area contributed by atoms with Crippen molar-refractivity contribution in [2.75, 3.05) is 5.73 Å². The molecule has 4 nitrogen and oxygen atoms in total. The molecule has 0 bridgehead atoms. The number of para-hydroxylation sites is 1. The van der Waals surface area contributed by atoms with E-state index in [1.165, 1.54) is 18.0 Å². The molecule has 2 heterocycles. The van der Waals surface area contributed by atoms with Crippen molar-refractivity contribution in [2.24, 2.45) is 0 Å². The molecule has 0 atom stereocenters. The zero-order valence-corrected chi connectivity index (χ0v) is 11.4. The summed E-state index contributed by atoms with van der Waals surface area (Å²) in [4.78, 5) is 12.4.